The lowest BCUT2D eigenvalue weighted by Gasteiger charge is -2.31. The molecule has 0 unspecified atom stereocenters. The quantitative estimate of drug-likeness (QED) is 0.413. The van der Waals surface area contributed by atoms with Gasteiger partial charge >= 0.3 is 0 Å². The molecule has 0 radical (unpaired) electrons. The van der Waals surface area contributed by atoms with Crippen molar-refractivity contribution in [1.82, 2.24) is 0 Å². The molecule has 0 saturated carbocycles. The molecule has 0 aromatic carbocycles. The van der Waals surface area contributed by atoms with Crippen LogP contribution in [0.1, 0.15) is 59.8 Å². The van der Waals surface area contributed by atoms with E-state index in [1.807, 2.05) is 0 Å². The Morgan fingerprint density at radius 3 is 2.06 bits per heavy atom. The van der Waals surface area contributed by atoms with E-state index in [1.54, 1.807) is 0 Å². The number of hydrogen-bond acceptors (Lipinski definition) is 2. The van der Waals surface area contributed by atoms with Gasteiger partial charge in [0.05, 0.1) is 0 Å². The largest absolute Gasteiger partial charge is 0.179 e. The normalized spacial score (nSPS) is 12.4. The van der Waals surface area contributed by atoms with Crippen molar-refractivity contribution in [2.24, 2.45) is 11.3 Å². The zero-order chi connectivity index (χ0) is 12.4. The number of rotatable bonds is 10. The molecule has 0 heterocycles. The molecule has 2 heteroatoms. The van der Waals surface area contributed by atoms with Gasteiger partial charge in [-0.05, 0) is 47.9 Å². The van der Waals surface area contributed by atoms with Gasteiger partial charge in [0, 0.05) is 0 Å². The van der Waals surface area contributed by atoms with Gasteiger partial charge in [-0.1, -0.05) is 40.5 Å². The van der Waals surface area contributed by atoms with E-state index in [1.165, 1.54) is 43.6 Å². The molecule has 0 spiro atoms. The first kappa shape index (κ1) is 16.7. The zero-order valence-corrected chi connectivity index (χ0v) is 13.3. The van der Waals surface area contributed by atoms with E-state index in [4.69, 9.17) is 0 Å². The van der Waals surface area contributed by atoms with Crippen molar-refractivity contribution >= 4 is 24.4 Å². The maximum atomic E-state index is 4.60. The van der Waals surface area contributed by atoms with Crippen LogP contribution < -0.4 is 0 Å². The van der Waals surface area contributed by atoms with Gasteiger partial charge in [-0.25, -0.2) is 0 Å². The summed E-state index contributed by atoms with van der Waals surface area (Å²) in [6.07, 6.45) is 6.64. The first-order valence-electron chi connectivity index (χ1n) is 6.78. The number of thiol groups is 1. The third-order valence-electron chi connectivity index (χ3n) is 3.14. The van der Waals surface area contributed by atoms with Crippen LogP contribution in [-0.2, 0) is 0 Å². The van der Waals surface area contributed by atoms with Crippen molar-refractivity contribution in [2.75, 3.05) is 17.3 Å². The number of thioether (sulfide) groups is 1. The van der Waals surface area contributed by atoms with Gasteiger partial charge in [-0.15, -0.1) is 0 Å². The molecule has 0 aliphatic rings. The van der Waals surface area contributed by atoms with Gasteiger partial charge in [0.1, 0.15) is 0 Å². The van der Waals surface area contributed by atoms with Crippen LogP contribution in [-0.4, -0.2) is 17.3 Å². The topological polar surface area (TPSA) is 0 Å². The molecule has 0 fully saturated rings. The predicted molar refractivity (Wildman–Crippen MR) is 82.9 cm³/mol. The van der Waals surface area contributed by atoms with E-state index in [9.17, 15) is 0 Å². The lowest BCUT2D eigenvalue weighted by Crippen LogP contribution is -2.26. The van der Waals surface area contributed by atoms with Crippen LogP contribution in [0.15, 0.2) is 0 Å². The Balaban J connectivity index is 3.98. The lowest BCUT2D eigenvalue weighted by molar-refractivity contribution is 0.318. The summed E-state index contributed by atoms with van der Waals surface area (Å²) in [4.78, 5) is 0. The highest BCUT2D eigenvalue weighted by Crippen LogP contribution is 2.35. The summed E-state index contributed by atoms with van der Waals surface area (Å²) in [5.41, 5.74) is 0.508. The van der Waals surface area contributed by atoms with Crippen molar-refractivity contribution < 1.29 is 0 Å². The fraction of sp³-hybridized carbons (Fsp3) is 1.00. The number of hydrogen-bond donors (Lipinski definition) is 1. The summed E-state index contributed by atoms with van der Waals surface area (Å²) in [5.74, 6) is 4.53. The van der Waals surface area contributed by atoms with E-state index in [-0.39, 0.29) is 0 Å². The Kier molecular flexibility index (Phi) is 10.1. The minimum absolute atomic E-state index is 0.508. The molecular formula is C14H30S2. The van der Waals surface area contributed by atoms with E-state index in [0.29, 0.717) is 5.41 Å². The average molecular weight is 263 g/mol. The second-order valence-corrected chi connectivity index (χ2v) is 6.81. The maximum absolute atomic E-state index is 4.60. The second kappa shape index (κ2) is 9.70. The van der Waals surface area contributed by atoms with Crippen molar-refractivity contribution in [2.45, 2.75) is 59.8 Å². The SMILES string of the molecule is CCCC(CS)(CCC)CSCCC(C)C. The summed E-state index contributed by atoms with van der Waals surface area (Å²) in [7, 11) is 0. The highest BCUT2D eigenvalue weighted by Gasteiger charge is 2.26. The molecule has 0 atom stereocenters. The molecule has 16 heavy (non-hydrogen) atoms. The minimum Gasteiger partial charge on any atom is -0.179 e. The standard InChI is InChI=1S/C14H30S2/c1-5-8-14(11-15,9-6-2)12-16-10-7-13(3)4/h13,15H,5-12H2,1-4H3. The summed E-state index contributed by atoms with van der Waals surface area (Å²) in [5, 5.41) is 0. The van der Waals surface area contributed by atoms with Crippen LogP contribution >= 0.6 is 24.4 Å². The van der Waals surface area contributed by atoms with Crippen LogP contribution in [0.25, 0.3) is 0 Å². The Bertz CT molecular complexity index is 149. The van der Waals surface area contributed by atoms with E-state index in [0.717, 1.165) is 11.7 Å². The highest BCUT2D eigenvalue weighted by molar-refractivity contribution is 7.99. The van der Waals surface area contributed by atoms with E-state index < -0.39 is 0 Å². The molecule has 0 aromatic rings. The summed E-state index contributed by atoms with van der Waals surface area (Å²) in [6, 6.07) is 0. The maximum Gasteiger partial charge on any atom is -0.000300 e. The molecule has 98 valence electrons. The second-order valence-electron chi connectivity index (χ2n) is 5.39. The molecule has 0 nitrogen and oxygen atoms in total. The summed E-state index contributed by atoms with van der Waals surface area (Å²) < 4.78 is 0. The molecule has 0 saturated heterocycles. The molecular weight excluding hydrogens is 232 g/mol. The van der Waals surface area contributed by atoms with Crippen LogP contribution in [0.5, 0.6) is 0 Å². The predicted octanol–water partition coefficient (Wildman–Crippen LogP) is 5.28. The summed E-state index contributed by atoms with van der Waals surface area (Å²) in [6.45, 7) is 9.22. The van der Waals surface area contributed by atoms with Crippen molar-refractivity contribution in [1.29, 1.82) is 0 Å². The van der Waals surface area contributed by atoms with E-state index in [2.05, 4.69) is 52.1 Å². The van der Waals surface area contributed by atoms with Crippen molar-refractivity contribution in [3.05, 3.63) is 0 Å². The van der Waals surface area contributed by atoms with Gasteiger partial charge < -0.3 is 0 Å². The van der Waals surface area contributed by atoms with Crippen molar-refractivity contribution in [3.8, 4) is 0 Å². The van der Waals surface area contributed by atoms with Crippen LogP contribution in [0.2, 0.25) is 0 Å². The van der Waals surface area contributed by atoms with Gasteiger partial charge in [0.25, 0.3) is 0 Å². The Morgan fingerprint density at radius 1 is 1.12 bits per heavy atom. The summed E-state index contributed by atoms with van der Waals surface area (Å²) >= 11 is 6.74. The molecule has 0 rings (SSSR count). The first-order valence-corrected chi connectivity index (χ1v) is 8.57. The van der Waals surface area contributed by atoms with Crippen molar-refractivity contribution in [3.63, 3.8) is 0 Å². The Hall–Kier alpha value is 0.700. The van der Waals surface area contributed by atoms with Gasteiger partial charge in [-0.2, -0.15) is 24.4 Å². The highest BCUT2D eigenvalue weighted by atomic mass is 32.2. The molecule has 0 aromatic heterocycles. The monoisotopic (exact) mass is 262 g/mol. The van der Waals surface area contributed by atoms with Gasteiger partial charge in [0.15, 0.2) is 0 Å². The third kappa shape index (κ3) is 7.11. The molecule has 0 aliphatic carbocycles. The molecule has 0 aliphatic heterocycles. The van der Waals surface area contributed by atoms with E-state index >= 15 is 0 Å². The van der Waals surface area contributed by atoms with Gasteiger partial charge in [0.2, 0.25) is 0 Å². The molecule has 0 N–H and O–H groups in total. The Labute approximate surface area is 113 Å². The zero-order valence-electron chi connectivity index (χ0n) is 11.6. The lowest BCUT2D eigenvalue weighted by atomic mass is 9.83. The van der Waals surface area contributed by atoms with Crippen LogP contribution in [0, 0.1) is 11.3 Å². The van der Waals surface area contributed by atoms with Crippen LogP contribution in [0.3, 0.4) is 0 Å². The average Bonchev–Trinajstić information content (AvgIpc) is 2.24. The first-order chi connectivity index (χ1) is 7.60. The fourth-order valence-corrected chi connectivity index (χ4v) is 4.33. The smallest absolute Gasteiger partial charge is 0.000300 e. The fourth-order valence-electron chi connectivity index (χ4n) is 2.14. The molecule has 0 amide bonds. The van der Waals surface area contributed by atoms with Crippen LogP contribution in [0.4, 0.5) is 0 Å². The minimum atomic E-state index is 0.508. The van der Waals surface area contributed by atoms with Gasteiger partial charge in [-0.3, -0.25) is 0 Å². The third-order valence-corrected chi connectivity index (χ3v) is 5.16. The Morgan fingerprint density at radius 2 is 1.69 bits per heavy atom. The molecule has 0 bridgehead atoms.